The zero-order valence-electron chi connectivity index (χ0n) is 10.5. The molecule has 0 amide bonds. The van der Waals surface area contributed by atoms with Crippen molar-refractivity contribution in [1.82, 2.24) is 0 Å². The molecule has 0 unspecified atom stereocenters. The lowest BCUT2D eigenvalue weighted by Crippen LogP contribution is -2.08. The summed E-state index contributed by atoms with van der Waals surface area (Å²) in [5.41, 5.74) is 3.31. The smallest absolute Gasteiger partial charge is 0.188 e. The lowest BCUT2D eigenvalue weighted by Gasteiger charge is -2.18. The second-order valence-corrected chi connectivity index (χ2v) is 4.69. The Bertz CT molecular complexity index is 406. The molecule has 0 heterocycles. The molecule has 0 radical (unpaired) electrons. The van der Waals surface area contributed by atoms with E-state index in [0.717, 1.165) is 30.4 Å². The molecule has 2 rings (SSSR count). The van der Waals surface area contributed by atoms with E-state index in [1.54, 1.807) is 0 Å². The van der Waals surface area contributed by atoms with Gasteiger partial charge >= 0.3 is 0 Å². The fraction of sp³-hybridized carbons (Fsp3) is 0.438. The van der Waals surface area contributed by atoms with Crippen molar-refractivity contribution < 1.29 is 4.79 Å². The Kier molecular flexibility index (Phi) is 4.13. The first kappa shape index (κ1) is 12.1. The Hall–Kier alpha value is -1.37. The van der Waals surface area contributed by atoms with Gasteiger partial charge in [0, 0.05) is 5.56 Å². The highest BCUT2D eigenvalue weighted by atomic mass is 16.1. The van der Waals surface area contributed by atoms with Gasteiger partial charge in [0.2, 0.25) is 0 Å². The number of rotatable bonds is 3. The van der Waals surface area contributed by atoms with Crippen LogP contribution < -0.4 is 0 Å². The van der Waals surface area contributed by atoms with Crippen LogP contribution in [0.15, 0.2) is 41.5 Å². The van der Waals surface area contributed by atoms with Crippen LogP contribution in [-0.4, -0.2) is 5.78 Å². The van der Waals surface area contributed by atoms with Gasteiger partial charge in [0.1, 0.15) is 0 Å². The fourth-order valence-corrected chi connectivity index (χ4v) is 2.62. The number of carbonyl (C=O) groups is 1. The molecule has 1 aliphatic carbocycles. The molecule has 0 bridgehead atoms. The third-order valence-electron chi connectivity index (χ3n) is 3.55. The highest BCUT2D eigenvalue weighted by Gasteiger charge is 2.17. The highest BCUT2D eigenvalue weighted by Crippen LogP contribution is 2.28. The fourth-order valence-electron chi connectivity index (χ4n) is 2.62. The summed E-state index contributed by atoms with van der Waals surface area (Å²) in [6.45, 7) is 2.10. The standard InChI is InChI=1S/C16H20O/c1-2-15(13-9-5-3-6-10-13)16(17)14-11-7-4-8-12-14/h4,7-8,11-12H,2-3,5-6,9-10H2,1H3. The predicted octanol–water partition coefficient (Wildman–Crippen LogP) is 4.54. The summed E-state index contributed by atoms with van der Waals surface area (Å²) in [4.78, 5) is 12.4. The van der Waals surface area contributed by atoms with Crippen molar-refractivity contribution in [3.63, 3.8) is 0 Å². The van der Waals surface area contributed by atoms with Crippen molar-refractivity contribution in [3.8, 4) is 0 Å². The third-order valence-corrected chi connectivity index (χ3v) is 3.55. The van der Waals surface area contributed by atoms with Gasteiger partial charge in [-0.25, -0.2) is 0 Å². The average molecular weight is 228 g/mol. The van der Waals surface area contributed by atoms with Gasteiger partial charge in [-0.15, -0.1) is 0 Å². The molecule has 0 aliphatic heterocycles. The lowest BCUT2D eigenvalue weighted by atomic mass is 9.87. The van der Waals surface area contributed by atoms with Crippen LogP contribution in [0.5, 0.6) is 0 Å². The van der Waals surface area contributed by atoms with Gasteiger partial charge in [0.15, 0.2) is 5.78 Å². The van der Waals surface area contributed by atoms with Crippen LogP contribution in [-0.2, 0) is 0 Å². The van der Waals surface area contributed by atoms with Crippen LogP contribution in [0.3, 0.4) is 0 Å². The predicted molar refractivity (Wildman–Crippen MR) is 71.2 cm³/mol. The molecule has 0 aromatic heterocycles. The molecular weight excluding hydrogens is 208 g/mol. The van der Waals surface area contributed by atoms with Crippen molar-refractivity contribution >= 4 is 5.78 Å². The van der Waals surface area contributed by atoms with Crippen LogP contribution in [0.2, 0.25) is 0 Å². The van der Waals surface area contributed by atoms with Crippen LogP contribution >= 0.6 is 0 Å². The van der Waals surface area contributed by atoms with Crippen LogP contribution in [0.1, 0.15) is 55.8 Å². The van der Waals surface area contributed by atoms with Crippen molar-refractivity contribution in [3.05, 3.63) is 47.0 Å². The van der Waals surface area contributed by atoms with Gasteiger partial charge < -0.3 is 0 Å². The van der Waals surface area contributed by atoms with Crippen LogP contribution in [0.25, 0.3) is 0 Å². The van der Waals surface area contributed by atoms with Gasteiger partial charge in [-0.3, -0.25) is 4.79 Å². The molecule has 17 heavy (non-hydrogen) atoms. The third kappa shape index (κ3) is 2.85. The number of Topliss-reactive ketones (excluding diaryl/α,β-unsaturated/α-hetero) is 1. The zero-order chi connectivity index (χ0) is 12.1. The van der Waals surface area contributed by atoms with Crippen molar-refractivity contribution in [1.29, 1.82) is 0 Å². The van der Waals surface area contributed by atoms with Gasteiger partial charge in [-0.1, -0.05) is 49.2 Å². The summed E-state index contributed by atoms with van der Waals surface area (Å²) < 4.78 is 0. The first-order valence-corrected chi connectivity index (χ1v) is 6.63. The Morgan fingerprint density at radius 2 is 1.71 bits per heavy atom. The topological polar surface area (TPSA) is 17.1 Å². The normalized spacial score (nSPS) is 15.7. The van der Waals surface area contributed by atoms with E-state index in [1.165, 1.54) is 24.8 Å². The molecule has 1 heteroatoms. The number of ketones is 1. The van der Waals surface area contributed by atoms with E-state index in [-0.39, 0.29) is 5.78 Å². The number of allylic oxidation sites excluding steroid dienone is 2. The van der Waals surface area contributed by atoms with Crippen molar-refractivity contribution in [2.45, 2.75) is 45.4 Å². The molecular formula is C16H20O. The Labute approximate surface area is 104 Å². The zero-order valence-corrected chi connectivity index (χ0v) is 10.5. The number of carbonyl (C=O) groups excluding carboxylic acids is 1. The molecule has 1 saturated carbocycles. The van der Waals surface area contributed by atoms with Crippen LogP contribution in [0, 0.1) is 0 Å². The van der Waals surface area contributed by atoms with Gasteiger partial charge in [0.05, 0.1) is 0 Å². The maximum absolute atomic E-state index is 12.4. The Balaban J connectivity index is 2.27. The van der Waals surface area contributed by atoms with E-state index >= 15 is 0 Å². The Morgan fingerprint density at radius 1 is 1.06 bits per heavy atom. The molecule has 0 atom stereocenters. The van der Waals surface area contributed by atoms with Gasteiger partial charge in [-0.05, 0) is 37.7 Å². The molecule has 1 nitrogen and oxygen atoms in total. The molecule has 0 spiro atoms. The second-order valence-electron chi connectivity index (χ2n) is 4.69. The van der Waals surface area contributed by atoms with Gasteiger partial charge in [0.25, 0.3) is 0 Å². The average Bonchev–Trinajstić information content (AvgIpc) is 2.42. The Morgan fingerprint density at radius 3 is 2.29 bits per heavy atom. The first-order chi connectivity index (χ1) is 8.33. The maximum Gasteiger partial charge on any atom is 0.188 e. The summed E-state index contributed by atoms with van der Waals surface area (Å²) in [7, 11) is 0. The molecule has 0 saturated heterocycles. The minimum atomic E-state index is 0.241. The minimum Gasteiger partial charge on any atom is -0.289 e. The largest absolute Gasteiger partial charge is 0.289 e. The summed E-state index contributed by atoms with van der Waals surface area (Å²) in [5.74, 6) is 0.241. The lowest BCUT2D eigenvalue weighted by molar-refractivity contribution is 0.102. The molecule has 1 fully saturated rings. The molecule has 0 N–H and O–H groups in total. The highest BCUT2D eigenvalue weighted by molar-refractivity contribution is 6.09. The number of hydrogen-bond donors (Lipinski definition) is 0. The van der Waals surface area contributed by atoms with Crippen molar-refractivity contribution in [2.75, 3.05) is 0 Å². The number of hydrogen-bond acceptors (Lipinski definition) is 1. The van der Waals surface area contributed by atoms with E-state index in [2.05, 4.69) is 6.92 Å². The molecule has 90 valence electrons. The first-order valence-electron chi connectivity index (χ1n) is 6.63. The van der Waals surface area contributed by atoms with E-state index in [1.807, 2.05) is 30.3 Å². The summed E-state index contributed by atoms with van der Waals surface area (Å²) >= 11 is 0. The summed E-state index contributed by atoms with van der Waals surface area (Å²) in [6.07, 6.45) is 6.94. The molecule has 1 aromatic carbocycles. The number of benzene rings is 1. The summed E-state index contributed by atoms with van der Waals surface area (Å²) in [6, 6.07) is 9.66. The van der Waals surface area contributed by atoms with E-state index in [0.29, 0.717) is 0 Å². The molecule has 1 aliphatic rings. The SMILES string of the molecule is CCC(C(=O)c1ccccc1)=C1CCCCC1. The van der Waals surface area contributed by atoms with E-state index in [4.69, 9.17) is 0 Å². The van der Waals surface area contributed by atoms with Crippen LogP contribution in [0.4, 0.5) is 0 Å². The second kappa shape index (κ2) is 5.81. The monoisotopic (exact) mass is 228 g/mol. The van der Waals surface area contributed by atoms with Gasteiger partial charge in [-0.2, -0.15) is 0 Å². The van der Waals surface area contributed by atoms with E-state index in [9.17, 15) is 4.79 Å². The summed E-state index contributed by atoms with van der Waals surface area (Å²) in [5, 5.41) is 0. The van der Waals surface area contributed by atoms with Crippen molar-refractivity contribution in [2.24, 2.45) is 0 Å². The minimum absolute atomic E-state index is 0.241. The maximum atomic E-state index is 12.4. The molecule has 1 aromatic rings. The quantitative estimate of drug-likeness (QED) is 0.548. The van der Waals surface area contributed by atoms with E-state index < -0.39 is 0 Å².